The number of fused-ring (bicyclic) bond motifs is 12. The van der Waals surface area contributed by atoms with E-state index in [0.29, 0.717) is 5.57 Å². The quantitative estimate of drug-likeness (QED) is 0.156. The van der Waals surface area contributed by atoms with Crippen molar-refractivity contribution in [3.05, 3.63) is 197 Å². The van der Waals surface area contributed by atoms with Crippen LogP contribution in [0.25, 0.3) is 60.9 Å². The Morgan fingerprint density at radius 3 is 1.84 bits per heavy atom. The smallest absolute Gasteiger partial charge is 0.0944 e. The van der Waals surface area contributed by atoms with Crippen molar-refractivity contribution in [2.45, 2.75) is 12.3 Å². The Kier molecular flexibility index (Phi) is 6.51. The largest absolute Gasteiger partial charge is 0.404 e. The van der Waals surface area contributed by atoms with Crippen LogP contribution in [-0.4, -0.2) is 0 Å². The summed E-state index contributed by atoms with van der Waals surface area (Å²) in [6, 6.07) is 57.8. The molecule has 0 amide bonds. The van der Waals surface area contributed by atoms with Gasteiger partial charge in [0.1, 0.15) is 0 Å². The van der Waals surface area contributed by atoms with E-state index in [1.54, 1.807) is 13.1 Å². The van der Waals surface area contributed by atoms with Crippen LogP contribution in [-0.2, 0) is 5.41 Å². The van der Waals surface area contributed by atoms with Crippen molar-refractivity contribution in [3.8, 4) is 50.6 Å². The van der Waals surface area contributed by atoms with Crippen LogP contribution in [0.15, 0.2) is 170 Å². The summed E-state index contributed by atoms with van der Waals surface area (Å²) in [4.78, 5) is 0. The van der Waals surface area contributed by atoms with Crippen molar-refractivity contribution in [1.29, 1.82) is 5.26 Å². The van der Waals surface area contributed by atoms with E-state index in [4.69, 9.17) is 5.73 Å². The molecule has 0 fully saturated rings. The first-order valence-corrected chi connectivity index (χ1v) is 16.7. The van der Waals surface area contributed by atoms with E-state index in [-0.39, 0.29) is 0 Å². The molecule has 0 heterocycles. The summed E-state index contributed by atoms with van der Waals surface area (Å²) in [5.74, 6) is 0. The van der Waals surface area contributed by atoms with Crippen LogP contribution in [0.2, 0.25) is 0 Å². The molecule has 230 valence electrons. The lowest BCUT2D eigenvalue weighted by atomic mass is 9.69. The summed E-state index contributed by atoms with van der Waals surface area (Å²) in [6.07, 6.45) is 3.40. The molecule has 0 saturated heterocycles. The number of nitrogens with zero attached hydrogens (tertiary/aromatic N) is 1. The molecule has 2 aliphatic carbocycles. The van der Waals surface area contributed by atoms with Crippen molar-refractivity contribution in [1.82, 2.24) is 0 Å². The van der Waals surface area contributed by atoms with Gasteiger partial charge in [-0.15, -0.1) is 0 Å². The Bertz CT molecular complexity index is 2520. The van der Waals surface area contributed by atoms with Gasteiger partial charge in [0.2, 0.25) is 0 Å². The maximum atomic E-state index is 9.36. The Balaban J connectivity index is 1.36. The van der Waals surface area contributed by atoms with Crippen LogP contribution in [0.4, 0.5) is 0 Å². The zero-order valence-corrected chi connectivity index (χ0v) is 27.1. The molecule has 7 aromatic carbocycles. The highest BCUT2D eigenvalue weighted by Crippen LogP contribution is 2.64. The molecule has 0 bridgehead atoms. The van der Waals surface area contributed by atoms with Gasteiger partial charge >= 0.3 is 0 Å². The third kappa shape index (κ3) is 4.13. The molecule has 49 heavy (non-hydrogen) atoms. The first-order chi connectivity index (χ1) is 24.1. The standard InChI is InChI=1S/C47H32N2/c1-30(28-48)25-35(29-49)32-19-21-33(22-20-32)41-27-45-46(39-16-6-5-13-36(39)41)40-24-23-34(31-11-3-2-4-12-31)26-44(40)47(45)42-17-9-7-14-37(42)38-15-8-10-18-43(38)47/h2-27,29H,49H2,1H3/b30-25+,35-29+. The minimum Gasteiger partial charge on any atom is -0.404 e. The summed E-state index contributed by atoms with van der Waals surface area (Å²) in [5.41, 5.74) is 23.2. The van der Waals surface area contributed by atoms with Gasteiger partial charge in [-0.05, 0) is 114 Å². The average Bonchev–Trinajstić information content (AvgIpc) is 3.64. The first kappa shape index (κ1) is 28.8. The van der Waals surface area contributed by atoms with Gasteiger partial charge < -0.3 is 5.73 Å². The van der Waals surface area contributed by atoms with Crippen molar-refractivity contribution >= 4 is 16.3 Å². The molecule has 0 radical (unpaired) electrons. The molecular weight excluding hydrogens is 593 g/mol. The van der Waals surface area contributed by atoms with Crippen molar-refractivity contribution in [3.63, 3.8) is 0 Å². The first-order valence-electron chi connectivity index (χ1n) is 16.7. The fourth-order valence-electron chi connectivity index (χ4n) is 8.38. The summed E-state index contributed by atoms with van der Waals surface area (Å²) in [6.45, 7) is 1.80. The number of benzene rings is 7. The molecule has 2 aliphatic rings. The van der Waals surface area contributed by atoms with Crippen LogP contribution < -0.4 is 5.73 Å². The van der Waals surface area contributed by atoms with Crippen LogP contribution in [0.1, 0.15) is 34.7 Å². The summed E-state index contributed by atoms with van der Waals surface area (Å²) >= 11 is 0. The molecule has 0 saturated carbocycles. The fourth-order valence-corrected chi connectivity index (χ4v) is 8.38. The second-order valence-corrected chi connectivity index (χ2v) is 13.0. The van der Waals surface area contributed by atoms with Crippen LogP contribution >= 0.6 is 0 Å². The maximum Gasteiger partial charge on any atom is 0.0944 e. The minimum absolute atomic E-state index is 0.476. The molecular formula is C47H32N2. The van der Waals surface area contributed by atoms with Gasteiger partial charge in [0.15, 0.2) is 0 Å². The van der Waals surface area contributed by atoms with Crippen molar-refractivity contribution < 1.29 is 0 Å². The van der Waals surface area contributed by atoms with E-state index in [0.717, 1.165) is 16.7 Å². The van der Waals surface area contributed by atoms with Gasteiger partial charge in [-0.3, -0.25) is 0 Å². The Hall–Kier alpha value is -6.43. The number of allylic oxidation sites excluding steroid dienone is 3. The SMILES string of the molecule is C/C(C#N)=C\C(=C/N)c1ccc(-c2cc3c(c4ccccc24)-c2ccc(-c4ccccc4)cc2C32c3ccccc3-c3ccccc32)cc1. The van der Waals surface area contributed by atoms with Crippen LogP contribution in [0.3, 0.4) is 0 Å². The number of nitriles is 1. The molecule has 2 N–H and O–H groups in total. The monoisotopic (exact) mass is 624 g/mol. The van der Waals surface area contributed by atoms with Gasteiger partial charge in [-0.25, -0.2) is 0 Å². The van der Waals surface area contributed by atoms with Crippen molar-refractivity contribution in [2.24, 2.45) is 5.73 Å². The molecule has 2 heteroatoms. The van der Waals surface area contributed by atoms with Gasteiger partial charge in [-0.2, -0.15) is 5.26 Å². The fraction of sp³-hybridized carbons (Fsp3) is 0.0426. The topological polar surface area (TPSA) is 49.8 Å². The second-order valence-electron chi connectivity index (χ2n) is 13.0. The Morgan fingerprint density at radius 2 is 1.16 bits per heavy atom. The molecule has 9 rings (SSSR count). The molecule has 2 nitrogen and oxygen atoms in total. The highest BCUT2D eigenvalue weighted by atomic mass is 14.5. The molecule has 0 aliphatic heterocycles. The molecule has 0 aromatic heterocycles. The number of hydrogen-bond acceptors (Lipinski definition) is 2. The predicted molar refractivity (Wildman–Crippen MR) is 203 cm³/mol. The number of hydrogen-bond donors (Lipinski definition) is 1. The number of nitrogens with two attached hydrogens (primary N) is 1. The van der Waals surface area contributed by atoms with E-state index < -0.39 is 5.41 Å². The second kappa shape index (κ2) is 11.1. The summed E-state index contributed by atoms with van der Waals surface area (Å²) in [5, 5.41) is 11.8. The van der Waals surface area contributed by atoms with Gasteiger partial charge in [0.05, 0.1) is 11.5 Å². The molecule has 1 spiro atoms. The highest BCUT2D eigenvalue weighted by molar-refractivity contribution is 6.11. The summed E-state index contributed by atoms with van der Waals surface area (Å²) in [7, 11) is 0. The van der Waals surface area contributed by atoms with Gasteiger partial charge in [-0.1, -0.05) is 140 Å². The van der Waals surface area contributed by atoms with E-state index >= 15 is 0 Å². The molecule has 7 aromatic rings. The number of rotatable bonds is 4. The predicted octanol–water partition coefficient (Wildman–Crippen LogP) is 11.3. The van der Waals surface area contributed by atoms with Gasteiger partial charge in [0, 0.05) is 11.8 Å². The van der Waals surface area contributed by atoms with E-state index in [2.05, 4.69) is 158 Å². The Labute approximate surface area is 286 Å². The van der Waals surface area contributed by atoms with Crippen LogP contribution in [0, 0.1) is 11.3 Å². The highest BCUT2D eigenvalue weighted by Gasteiger charge is 2.52. The lowest BCUT2D eigenvalue weighted by Gasteiger charge is -2.31. The molecule has 0 unspecified atom stereocenters. The minimum atomic E-state index is -0.476. The third-order valence-corrected chi connectivity index (χ3v) is 10.5. The van der Waals surface area contributed by atoms with Gasteiger partial charge in [0.25, 0.3) is 0 Å². The summed E-state index contributed by atoms with van der Waals surface area (Å²) < 4.78 is 0. The van der Waals surface area contributed by atoms with E-state index in [1.807, 2.05) is 6.08 Å². The maximum absolute atomic E-state index is 9.36. The lowest BCUT2D eigenvalue weighted by Crippen LogP contribution is -2.26. The van der Waals surface area contributed by atoms with E-state index in [1.165, 1.54) is 72.0 Å². The zero-order chi connectivity index (χ0) is 33.1. The molecule has 0 atom stereocenters. The van der Waals surface area contributed by atoms with Crippen LogP contribution in [0.5, 0.6) is 0 Å². The lowest BCUT2D eigenvalue weighted by molar-refractivity contribution is 0.795. The normalized spacial score (nSPS) is 13.9. The van der Waals surface area contributed by atoms with Crippen molar-refractivity contribution in [2.75, 3.05) is 0 Å². The average molecular weight is 625 g/mol. The van der Waals surface area contributed by atoms with E-state index in [9.17, 15) is 5.26 Å². The third-order valence-electron chi connectivity index (χ3n) is 10.5. The Morgan fingerprint density at radius 1 is 0.551 bits per heavy atom. The zero-order valence-electron chi connectivity index (χ0n) is 27.1.